The molecule has 1 atom stereocenters. The molecule has 0 aromatic rings. The van der Waals surface area contributed by atoms with Crippen molar-refractivity contribution < 1.29 is 14.7 Å². The largest absolute Gasteiger partial charge is 0.481 e. The molecule has 2 N–H and O–H groups in total. The molecule has 0 aliphatic heterocycles. The number of hydrogen-bond acceptors (Lipinski definition) is 2. The van der Waals surface area contributed by atoms with Crippen LogP contribution in [0.4, 0.5) is 4.79 Å². The zero-order chi connectivity index (χ0) is 15.5. The summed E-state index contributed by atoms with van der Waals surface area (Å²) in [6.45, 7) is 8.88. The van der Waals surface area contributed by atoms with E-state index in [2.05, 4.69) is 18.8 Å². The van der Waals surface area contributed by atoms with Gasteiger partial charge < -0.3 is 15.3 Å². The molecule has 0 aliphatic carbocycles. The molecular formula is C15H28N2O3. The third-order valence-electron chi connectivity index (χ3n) is 3.15. The number of carboxylic acids is 1. The van der Waals surface area contributed by atoms with Gasteiger partial charge in [-0.15, -0.1) is 0 Å². The Morgan fingerprint density at radius 1 is 1.30 bits per heavy atom. The lowest BCUT2D eigenvalue weighted by atomic mass is 9.94. The van der Waals surface area contributed by atoms with Crippen molar-refractivity contribution in [3.63, 3.8) is 0 Å². The molecule has 0 heterocycles. The monoisotopic (exact) mass is 284 g/mol. The van der Waals surface area contributed by atoms with Gasteiger partial charge in [-0.3, -0.25) is 4.79 Å². The molecule has 1 unspecified atom stereocenters. The van der Waals surface area contributed by atoms with E-state index in [-0.39, 0.29) is 12.5 Å². The molecule has 0 saturated carbocycles. The van der Waals surface area contributed by atoms with Crippen molar-refractivity contribution in [2.24, 2.45) is 5.92 Å². The summed E-state index contributed by atoms with van der Waals surface area (Å²) in [5.41, 5.74) is 0.938. The summed E-state index contributed by atoms with van der Waals surface area (Å²) in [6.07, 6.45) is 3.75. The smallest absolute Gasteiger partial charge is 0.317 e. The van der Waals surface area contributed by atoms with Crippen molar-refractivity contribution in [2.75, 3.05) is 20.1 Å². The van der Waals surface area contributed by atoms with Crippen LogP contribution >= 0.6 is 0 Å². The number of nitrogens with one attached hydrogen (secondary N) is 1. The maximum absolute atomic E-state index is 11.8. The summed E-state index contributed by atoms with van der Waals surface area (Å²) in [6, 6.07) is -0.110. The summed E-state index contributed by atoms with van der Waals surface area (Å²) >= 11 is 0. The number of nitrogens with zero attached hydrogens (tertiary/aromatic N) is 1. The van der Waals surface area contributed by atoms with Gasteiger partial charge in [0.25, 0.3) is 0 Å². The molecule has 0 aromatic carbocycles. The van der Waals surface area contributed by atoms with Crippen LogP contribution < -0.4 is 5.32 Å². The Labute approximate surface area is 122 Å². The number of rotatable bonds is 10. The van der Waals surface area contributed by atoms with Crippen LogP contribution in [0.3, 0.4) is 0 Å². The van der Waals surface area contributed by atoms with Gasteiger partial charge >= 0.3 is 12.0 Å². The molecule has 0 spiro atoms. The molecular weight excluding hydrogens is 256 g/mol. The van der Waals surface area contributed by atoms with E-state index in [9.17, 15) is 9.59 Å². The van der Waals surface area contributed by atoms with E-state index in [0.29, 0.717) is 25.4 Å². The maximum Gasteiger partial charge on any atom is 0.317 e. The van der Waals surface area contributed by atoms with E-state index in [1.165, 1.54) is 0 Å². The fourth-order valence-electron chi connectivity index (χ4n) is 2.16. The van der Waals surface area contributed by atoms with Crippen LogP contribution in [0.15, 0.2) is 12.2 Å². The van der Waals surface area contributed by atoms with E-state index < -0.39 is 5.97 Å². The Balaban J connectivity index is 4.00. The van der Waals surface area contributed by atoms with Gasteiger partial charge in [-0.05, 0) is 25.7 Å². The molecule has 0 aliphatic rings. The minimum Gasteiger partial charge on any atom is -0.481 e. The van der Waals surface area contributed by atoms with Crippen LogP contribution in [-0.2, 0) is 4.79 Å². The van der Waals surface area contributed by atoms with Crippen molar-refractivity contribution in [2.45, 2.75) is 46.0 Å². The van der Waals surface area contributed by atoms with Crippen molar-refractivity contribution >= 4 is 12.0 Å². The SMILES string of the molecule is C=C(C)CN(C)C(=O)NCCC(CCC)CCC(=O)O. The number of hydrogen-bond donors (Lipinski definition) is 2. The first-order valence-electron chi connectivity index (χ1n) is 7.21. The summed E-state index contributed by atoms with van der Waals surface area (Å²) in [5.74, 6) is -0.390. The number of carboxylic acid groups (broad SMARTS) is 1. The van der Waals surface area contributed by atoms with E-state index in [4.69, 9.17) is 5.11 Å². The van der Waals surface area contributed by atoms with E-state index in [1.54, 1.807) is 11.9 Å². The Bertz CT molecular complexity index is 329. The summed E-state index contributed by atoms with van der Waals surface area (Å²) < 4.78 is 0. The molecule has 5 heteroatoms. The van der Waals surface area contributed by atoms with Crippen LogP contribution in [0.25, 0.3) is 0 Å². The Morgan fingerprint density at radius 2 is 1.95 bits per heavy atom. The lowest BCUT2D eigenvalue weighted by Crippen LogP contribution is -2.38. The summed E-state index contributed by atoms with van der Waals surface area (Å²) in [7, 11) is 1.73. The highest BCUT2D eigenvalue weighted by atomic mass is 16.4. The van der Waals surface area contributed by atoms with E-state index in [1.807, 2.05) is 6.92 Å². The number of likely N-dealkylation sites (N-methyl/N-ethyl adjacent to an activating group) is 1. The van der Waals surface area contributed by atoms with Crippen LogP contribution in [0.2, 0.25) is 0 Å². The minimum atomic E-state index is -0.753. The predicted octanol–water partition coefficient (Wildman–Crippen LogP) is 2.88. The van der Waals surface area contributed by atoms with Gasteiger partial charge in [-0.25, -0.2) is 4.79 Å². The Morgan fingerprint density at radius 3 is 2.45 bits per heavy atom. The lowest BCUT2D eigenvalue weighted by molar-refractivity contribution is -0.137. The highest BCUT2D eigenvalue weighted by Gasteiger charge is 2.12. The van der Waals surface area contributed by atoms with Crippen molar-refractivity contribution in [1.29, 1.82) is 0 Å². The van der Waals surface area contributed by atoms with Crippen LogP contribution in [-0.4, -0.2) is 42.1 Å². The van der Waals surface area contributed by atoms with Gasteiger partial charge in [-0.2, -0.15) is 0 Å². The Kier molecular flexibility index (Phi) is 9.51. The molecule has 2 amide bonds. The summed E-state index contributed by atoms with van der Waals surface area (Å²) in [5, 5.41) is 11.6. The number of amides is 2. The third kappa shape index (κ3) is 9.42. The molecule has 0 aromatic heterocycles. The van der Waals surface area contributed by atoms with Gasteiger partial charge in [0, 0.05) is 26.6 Å². The molecule has 116 valence electrons. The van der Waals surface area contributed by atoms with Crippen LogP contribution in [0, 0.1) is 5.92 Å². The molecule has 0 rings (SSSR count). The first-order valence-corrected chi connectivity index (χ1v) is 7.21. The van der Waals surface area contributed by atoms with Gasteiger partial charge in [-0.1, -0.05) is 31.9 Å². The zero-order valence-electron chi connectivity index (χ0n) is 12.9. The second kappa shape index (κ2) is 10.3. The van der Waals surface area contributed by atoms with Gasteiger partial charge in [0.05, 0.1) is 0 Å². The molecule has 20 heavy (non-hydrogen) atoms. The normalized spacial score (nSPS) is 11.8. The minimum absolute atomic E-state index is 0.110. The molecule has 0 saturated heterocycles. The van der Waals surface area contributed by atoms with Crippen molar-refractivity contribution in [3.8, 4) is 0 Å². The standard InChI is InChI=1S/C15H28N2O3/c1-5-6-13(7-8-14(18)19)9-10-16-15(20)17(4)11-12(2)3/h13H,2,5-11H2,1,3-4H3,(H,16,20)(H,18,19). The first kappa shape index (κ1) is 18.5. The van der Waals surface area contributed by atoms with E-state index in [0.717, 1.165) is 24.8 Å². The molecule has 0 bridgehead atoms. The third-order valence-corrected chi connectivity index (χ3v) is 3.15. The summed E-state index contributed by atoms with van der Waals surface area (Å²) in [4.78, 5) is 24.0. The number of carbonyl (C=O) groups excluding carboxylic acids is 1. The molecule has 0 fully saturated rings. The highest BCUT2D eigenvalue weighted by molar-refractivity contribution is 5.74. The number of aliphatic carboxylic acids is 1. The van der Waals surface area contributed by atoms with Crippen LogP contribution in [0.5, 0.6) is 0 Å². The number of urea groups is 1. The highest BCUT2D eigenvalue weighted by Crippen LogP contribution is 2.17. The van der Waals surface area contributed by atoms with Gasteiger partial charge in [0.1, 0.15) is 0 Å². The number of carbonyl (C=O) groups is 2. The second-order valence-electron chi connectivity index (χ2n) is 5.42. The average molecular weight is 284 g/mol. The van der Waals surface area contributed by atoms with E-state index >= 15 is 0 Å². The topological polar surface area (TPSA) is 69.6 Å². The molecule has 5 nitrogen and oxygen atoms in total. The Hall–Kier alpha value is -1.52. The molecule has 0 radical (unpaired) electrons. The fourth-order valence-corrected chi connectivity index (χ4v) is 2.16. The van der Waals surface area contributed by atoms with Crippen molar-refractivity contribution in [3.05, 3.63) is 12.2 Å². The quantitative estimate of drug-likeness (QED) is 0.606. The predicted molar refractivity (Wildman–Crippen MR) is 80.7 cm³/mol. The van der Waals surface area contributed by atoms with Crippen molar-refractivity contribution in [1.82, 2.24) is 10.2 Å². The van der Waals surface area contributed by atoms with Gasteiger partial charge in [0.15, 0.2) is 0 Å². The van der Waals surface area contributed by atoms with Gasteiger partial charge in [0.2, 0.25) is 0 Å². The fraction of sp³-hybridized carbons (Fsp3) is 0.733. The van der Waals surface area contributed by atoms with Crippen LogP contribution in [0.1, 0.15) is 46.0 Å². The lowest BCUT2D eigenvalue weighted by Gasteiger charge is -2.20. The zero-order valence-corrected chi connectivity index (χ0v) is 12.9. The average Bonchev–Trinajstić information content (AvgIpc) is 2.34. The second-order valence-corrected chi connectivity index (χ2v) is 5.42. The first-order chi connectivity index (χ1) is 9.36. The maximum atomic E-state index is 11.8.